The molecule has 7 nitrogen and oxygen atoms in total. The molecule has 0 radical (unpaired) electrons. The van der Waals surface area contributed by atoms with Gasteiger partial charge in [0.2, 0.25) is 21.8 Å². The Morgan fingerprint density at radius 1 is 1.50 bits per heavy atom. The highest BCUT2D eigenvalue weighted by molar-refractivity contribution is 7.88. The van der Waals surface area contributed by atoms with Crippen molar-refractivity contribution in [1.29, 1.82) is 0 Å². The van der Waals surface area contributed by atoms with Crippen molar-refractivity contribution < 1.29 is 17.9 Å². The third-order valence-electron chi connectivity index (χ3n) is 3.68. The number of amides is 1. The number of nitrogens with one attached hydrogen (secondary N) is 1. The molecule has 1 saturated heterocycles. The van der Waals surface area contributed by atoms with E-state index in [1.807, 2.05) is 0 Å². The fourth-order valence-corrected chi connectivity index (χ4v) is 3.73. The lowest BCUT2D eigenvalue weighted by molar-refractivity contribution is -0.125. The molecule has 1 aromatic heterocycles. The van der Waals surface area contributed by atoms with Gasteiger partial charge in [-0.2, -0.15) is 4.31 Å². The van der Waals surface area contributed by atoms with E-state index in [1.54, 1.807) is 18.3 Å². The predicted molar refractivity (Wildman–Crippen MR) is 81.8 cm³/mol. The summed E-state index contributed by atoms with van der Waals surface area (Å²) in [5.74, 6) is 0.169. The van der Waals surface area contributed by atoms with Gasteiger partial charge in [-0.3, -0.25) is 4.79 Å². The predicted octanol–water partition coefficient (Wildman–Crippen LogP) is 0.520. The normalized spacial score (nSPS) is 19.6. The third-order valence-corrected chi connectivity index (χ3v) is 4.97. The largest absolute Gasteiger partial charge is 0.481 e. The number of sulfonamides is 1. The van der Waals surface area contributed by atoms with Crippen molar-refractivity contribution in [3.63, 3.8) is 0 Å². The summed E-state index contributed by atoms with van der Waals surface area (Å²) < 4.78 is 30.0. The van der Waals surface area contributed by atoms with E-state index in [2.05, 4.69) is 10.3 Å². The maximum atomic E-state index is 12.3. The van der Waals surface area contributed by atoms with Gasteiger partial charge in [0.25, 0.3) is 0 Å². The molecular weight excluding hydrogens is 306 g/mol. The number of hydrogen-bond donors (Lipinski definition) is 1. The number of pyridine rings is 1. The number of piperidine rings is 1. The van der Waals surface area contributed by atoms with Crippen LogP contribution in [0.2, 0.25) is 0 Å². The van der Waals surface area contributed by atoms with Gasteiger partial charge in [-0.05, 0) is 18.9 Å². The summed E-state index contributed by atoms with van der Waals surface area (Å²) in [5, 5.41) is 2.78. The Labute approximate surface area is 130 Å². The SMILES string of the molecule is COc1ncccc1CNC(=O)[C@@H]1CCCCN1S(C)(=O)=O. The quantitative estimate of drug-likeness (QED) is 0.852. The maximum Gasteiger partial charge on any atom is 0.238 e. The van der Waals surface area contributed by atoms with Crippen LogP contribution in [0.1, 0.15) is 24.8 Å². The second-order valence-electron chi connectivity index (χ2n) is 5.27. The second kappa shape index (κ2) is 7.06. The summed E-state index contributed by atoms with van der Waals surface area (Å²) in [5.41, 5.74) is 0.750. The monoisotopic (exact) mass is 327 g/mol. The Morgan fingerprint density at radius 2 is 2.27 bits per heavy atom. The minimum Gasteiger partial charge on any atom is -0.481 e. The zero-order valence-electron chi connectivity index (χ0n) is 12.8. The van der Waals surface area contributed by atoms with E-state index in [4.69, 9.17) is 4.74 Å². The Balaban J connectivity index is 2.04. The minimum atomic E-state index is -3.38. The van der Waals surface area contributed by atoms with Crippen LogP contribution in [0.25, 0.3) is 0 Å². The van der Waals surface area contributed by atoms with Crippen LogP contribution < -0.4 is 10.1 Å². The average molecular weight is 327 g/mol. The topological polar surface area (TPSA) is 88.6 Å². The van der Waals surface area contributed by atoms with Gasteiger partial charge in [0, 0.05) is 24.8 Å². The summed E-state index contributed by atoms with van der Waals surface area (Å²) in [4.78, 5) is 16.4. The molecule has 2 rings (SSSR count). The number of hydrogen-bond acceptors (Lipinski definition) is 5. The molecule has 2 heterocycles. The van der Waals surface area contributed by atoms with Crippen molar-refractivity contribution in [3.05, 3.63) is 23.9 Å². The molecule has 122 valence electrons. The van der Waals surface area contributed by atoms with E-state index in [1.165, 1.54) is 11.4 Å². The first-order valence-electron chi connectivity index (χ1n) is 7.16. The van der Waals surface area contributed by atoms with Crippen LogP contribution in [0, 0.1) is 0 Å². The Bertz CT molecular complexity index is 633. The molecular formula is C14H21N3O4S. The molecule has 0 unspecified atom stereocenters. The lowest BCUT2D eigenvalue weighted by atomic mass is 10.0. The first-order valence-corrected chi connectivity index (χ1v) is 9.00. The molecule has 0 spiro atoms. The van der Waals surface area contributed by atoms with Gasteiger partial charge in [0.1, 0.15) is 6.04 Å². The van der Waals surface area contributed by atoms with Crippen molar-refractivity contribution in [2.24, 2.45) is 0 Å². The van der Waals surface area contributed by atoms with Gasteiger partial charge in [0.15, 0.2) is 0 Å². The molecule has 8 heteroatoms. The number of rotatable bonds is 5. The van der Waals surface area contributed by atoms with E-state index >= 15 is 0 Å². The van der Waals surface area contributed by atoms with E-state index in [0.717, 1.165) is 24.7 Å². The van der Waals surface area contributed by atoms with Crippen molar-refractivity contribution in [3.8, 4) is 5.88 Å². The van der Waals surface area contributed by atoms with Gasteiger partial charge < -0.3 is 10.1 Å². The van der Waals surface area contributed by atoms with E-state index in [9.17, 15) is 13.2 Å². The van der Waals surface area contributed by atoms with E-state index < -0.39 is 16.1 Å². The van der Waals surface area contributed by atoms with E-state index in [-0.39, 0.29) is 12.5 Å². The smallest absolute Gasteiger partial charge is 0.238 e. The van der Waals surface area contributed by atoms with Crippen molar-refractivity contribution in [1.82, 2.24) is 14.6 Å². The lowest BCUT2D eigenvalue weighted by Crippen LogP contribution is -2.51. The van der Waals surface area contributed by atoms with Gasteiger partial charge in [-0.25, -0.2) is 13.4 Å². The molecule has 0 bridgehead atoms. The third kappa shape index (κ3) is 3.95. The number of methoxy groups -OCH3 is 1. The Hall–Kier alpha value is -1.67. The fourth-order valence-electron chi connectivity index (χ4n) is 2.61. The van der Waals surface area contributed by atoms with Gasteiger partial charge in [-0.1, -0.05) is 12.5 Å². The molecule has 1 aliphatic heterocycles. The Kier molecular flexibility index (Phi) is 5.36. The number of carbonyl (C=O) groups excluding carboxylic acids is 1. The summed E-state index contributed by atoms with van der Waals surface area (Å²) in [6.07, 6.45) is 4.93. The second-order valence-corrected chi connectivity index (χ2v) is 7.21. The van der Waals surface area contributed by atoms with Crippen LogP contribution in [0.15, 0.2) is 18.3 Å². The lowest BCUT2D eigenvalue weighted by Gasteiger charge is -2.32. The highest BCUT2D eigenvalue weighted by Crippen LogP contribution is 2.20. The highest BCUT2D eigenvalue weighted by atomic mass is 32.2. The summed E-state index contributed by atoms with van der Waals surface area (Å²) in [6.45, 7) is 0.650. The van der Waals surface area contributed by atoms with Crippen molar-refractivity contribution in [2.45, 2.75) is 31.8 Å². The molecule has 1 amide bonds. The number of nitrogens with zero attached hydrogens (tertiary/aromatic N) is 2. The summed E-state index contributed by atoms with van der Waals surface area (Å²) in [6, 6.07) is 2.93. The molecule has 1 aliphatic rings. The average Bonchev–Trinajstić information content (AvgIpc) is 2.52. The Morgan fingerprint density at radius 3 is 2.95 bits per heavy atom. The number of aromatic nitrogens is 1. The van der Waals surface area contributed by atoms with Crippen LogP contribution in [0.4, 0.5) is 0 Å². The minimum absolute atomic E-state index is 0.254. The van der Waals surface area contributed by atoms with Gasteiger partial charge in [0.05, 0.1) is 13.4 Å². The molecule has 0 aliphatic carbocycles. The standard InChI is InChI=1S/C14H21N3O4S/c1-21-14-11(6-5-8-15-14)10-16-13(18)12-7-3-4-9-17(12)22(2,19)20/h5-6,8,12H,3-4,7,9-10H2,1-2H3,(H,16,18)/t12-/m0/s1. The van der Waals surface area contributed by atoms with Crippen LogP contribution in [-0.4, -0.2) is 49.6 Å². The number of ether oxygens (including phenoxy) is 1. The molecule has 1 aromatic rings. The maximum absolute atomic E-state index is 12.3. The first kappa shape index (κ1) is 16.7. The molecule has 0 saturated carbocycles. The molecule has 1 fully saturated rings. The van der Waals surface area contributed by atoms with Gasteiger partial charge in [-0.15, -0.1) is 0 Å². The summed E-state index contributed by atoms with van der Waals surface area (Å²) >= 11 is 0. The zero-order valence-corrected chi connectivity index (χ0v) is 13.6. The van der Waals surface area contributed by atoms with Crippen LogP contribution in [0.5, 0.6) is 5.88 Å². The van der Waals surface area contributed by atoms with Crippen LogP contribution in [0.3, 0.4) is 0 Å². The van der Waals surface area contributed by atoms with Crippen molar-refractivity contribution >= 4 is 15.9 Å². The molecule has 1 N–H and O–H groups in total. The fraction of sp³-hybridized carbons (Fsp3) is 0.571. The van der Waals surface area contributed by atoms with Crippen LogP contribution in [-0.2, 0) is 21.4 Å². The van der Waals surface area contributed by atoms with Crippen molar-refractivity contribution in [2.75, 3.05) is 19.9 Å². The van der Waals surface area contributed by atoms with Crippen LogP contribution >= 0.6 is 0 Å². The summed E-state index contributed by atoms with van der Waals surface area (Å²) in [7, 11) is -1.87. The first-order chi connectivity index (χ1) is 10.4. The molecule has 0 aromatic carbocycles. The zero-order chi connectivity index (χ0) is 16.2. The molecule has 22 heavy (non-hydrogen) atoms. The highest BCUT2D eigenvalue weighted by Gasteiger charge is 2.34. The van der Waals surface area contributed by atoms with E-state index in [0.29, 0.717) is 18.8 Å². The van der Waals surface area contributed by atoms with Gasteiger partial charge >= 0.3 is 0 Å². The number of carbonyl (C=O) groups is 1. The molecule has 1 atom stereocenters.